The summed E-state index contributed by atoms with van der Waals surface area (Å²) in [6.45, 7) is 1.58. The molecule has 6 nitrogen and oxygen atoms in total. The molecule has 1 aromatic rings. The molecular weight excluding hydrogens is 290 g/mol. The number of rotatable bonds is 5. The van der Waals surface area contributed by atoms with Crippen molar-refractivity contribution in [2.45, 2.75) is 38.6 Å². The van der Waals surface area contributed by atoms with E-state index in [4.69, 9.17) is 0 Å². The van der Waals surface area contributed by atoms with Crippen molar-refractivity contribution in [2.24, 2.45) is 0 Å². The van der Waals surface area contributed by atoms with E-state index < -0.39 is 10.0 Å². The minimum atomic E-state index is -3.27. The highest BCUT2D eigenvalue weighted by molar-refractivity contribution is 7.92. The molecule has 0 unspecified atom stereocenters. The van der Waals surface area contributed by atoms with Crippen LogP contribution in [0.5, 0.6) is 0 Å². The van der Waals surface area contributed by atoms with E-state index in [1.54, 1.807) is 31.2 Å². The van der Waals surface area contributed by atoms with Crippen LogP contribution in [-0.4, -0.2) is 26.2 Å². The highest BCUT2D eigenvalue weighted by Crippen LogP contribution is 2.18. The maximum Gasteiger partial charge on any atom is 0.319 e. The summed E-state index contributed by atoms with van der Waals surface area (Å²) in [6, 6.07) is 6.63. The number of carbonyl (C=O) groups excluding carboxylic acids is 1. The zero-order valence-electron chi connectivity index (χ0n) is 12.1. The summed E-state index contributed by atoms with van der Waals surface area (Å²) in [5, 5.41) is 5.67. The molecule has 1 aromatic carbocycles. The molecule has 0 heterocycles. The SMILES string of the molecule is CCS(=O)(=O)Nc1ccc(NC(=O)NC2CCCC2)cc1. The fourth-order valence-corrected chi connectivity index (χ4v) is 2.94. The molecule has 3 N–H and O–H groups in total. The van der Waals surface area contributed by atoms with Gasteiger partial charge in [-0.15, -0.1) is 0 Å². The summed E-state index contributed by atoms with van der Waals surface area (Å²) in [5.74, 6) is 0.0246. The fourth-order valence-electron chi connectivity index (χ4n) is 2.30. The number of hydrogen-bond acceptors (Lipinski definition) is 3. The Morgan fingerprint density at radius 1 is 1.14 bits per heavy atom. The average molecular weight is 311 g/mol. The van der Waals surface area contributed by atoms with Gasteiger partial charge in [-0.25, -0.2) is 13.2 Å². The van der Waals surface area contributed by atoms with E-state index in [0.29, 0.717) is 11.4 Å². The van der Waals surface area contributed by atoms with Crippen molar-refractivity contribution in [1.82, 2.24) is 5.32 Å². The predicted molar refractivity (Wildman–Crippen MR) is 83.9 cm³/mol. The van der Waals surface area contributed by atoms with Gasteiger partial charge in [-0.2, -0.15) is 0 Å². The number of urea groups is 1. The van der Waals surface area contributed by atoms with Gasteiger partial charge < -0.3 is 10.6 Å². The number of sulfonamides is 1. The number of amides is 2. The summed E-state index contributed by atoms with van der Waals surface area (Å²) in [6.07, 6.45) is 4.39. The van der Waals surface area contributed by atoms with Gasteiger partial charge in [0.15, 0.2) is 0 Å². The molecular formula is C14H21N3O3S. The maximum atomic E-state index is 11.8. The molecule has 0 atom stereocenters. The molecule has 0 aliphatic heterocycles. The summed E-state index contributed by atoms with van der Waals surface area (Å²) in [7, 11) is -3.27. The van der Waals surface area contributed by atoms with Crippen molar-refractivity contribution in [3.05, 3.63) is 24.3 Å². The van der Waals surface area contributed by atoms with Crippen molar-refractivity contribution in [1.29, 1.82) is 0 Å². The normalized spacial score (nSPS) is 15.7. The van der Waals surface area contributed by atoms with Gasteiger partial charge in [-0.3, -0.25) is 4.72 Å². The Hall–Kier alpha value is -1.76. The largest absolute Gasteiger partial charge is 0.335 e. The zero-order chi connectivity index (χ0) is 15.3. The Balaban J connectivity index is 1.88. The van der Waals surface area contributed by atoms with Crippen LogP contribution in [0.3, 0.4) is 0 Å². The first-order chi connectivity index (χ1) is 9.98. The monoisotopic (exact) mass is 311 g/mol. The van der Waals surface area contributed by atoms with Crippen LogP contribution >= 0.6 is 0 Å². The Morgan fingerprint density at radius 2 is 1.71 bits per heavy atom. The van der Waals surface area contributed by atoms with Gasteiger partial charge in [0.1, 0.15) is 0 Å². The molecule has 1 aliphatic carbocycles. The number of benzene rings is 1. The van der Waals surface area contributed by atoms with Gasteiger partial charge in [0.25, 0.3) is 0 Å². The molecule has 0 aromatic heterocycles. The molecule has 1 fully saturated rings. The van der Waals surface area contributed by atoms with E-state index in [-0.39, 0.29) is 17.8 Å². The van der Waals surface area contributed by atoms with Crippen LogP contribution in [-0.2, 0) is 10.0 Å². The number of nitrogens with one attached hydrogen (secondary N) is 3. The van der Waals surface area contributed by atoms with Gasteiger partial charge in [0.05, 0.1) is 5.75 Å². The molecule has 7 heteroatoms. The van der Waals surface area contributed by atoms with Crippen molar-refractivity contribution in [3.63, 3.8) is 0 Å². The van der Waals surface area contributed by atoms with E-state index in [2.05, 4.69) is 15.4 Å². The van der Waals surface area contributed by atoms with E-state index in [9.17, 15) is 13.2 Å². The molecule has 2 rings (SSSR count). The third-order valence-corrected chi connectivity index (χ3v) is 4.79. The van der Waals surface area contributed by atoms with Crippen molar-refractivity contribution in [2.75, 3.05) is 15.8 Å². The van der Waals surface area contributed by atoms with Gasteiger partial charge in [0.2, 0.25) is 10.0 Å². The maximum absolute atomic E-state index is 11.8. The molecule has 2 amide bonds. The summed E-state index contributed by atoms with van der Waals surface area (Å²) in [4.78, 5) is 11.8. The average Bonchev–Trinajstić information content (AvgIpc) is 2.93. The third-order valence-electron chi connectivity index (χ3n) is 3.49. The Labute approximate surface area is 125 Å². The van der Waals surface area contributed by atoms with Crippen LogP contribution in [0.2, 0.25) is 0 Å². The van der Waals surface area contributed by atoms with Gasteiger partial charge in [-0.1, -0.05) is 12.8 Å². The lowest BCUT2D eigenvalue weighted by Gasteiger charge is -2.13. The van der Waals surface area contributed by atoms with Crippen LogP contribution in [0.25, 0.3) is 0 Å². The summed E-state index contributed by atoms with van der Waals surface area (Å²) in [5.41, 5.74) is 1.11. The molecule has 116 valence electrons. The van der Waals surface area contributed by atoms with E-state index >= 15 is 0 Å². The van der Waals surface area contributed by atoms with Crippen LogP contribution in [0.4, 0.5) is 16.2 Å². The van der Waals surface area contributed by atoms with Crippen LogP contribution in [0.15, 0.2) is 24.3 Å². The first-order valence-electron chi connectivity index (χ1n) is 7.16. The van der Waals surface area contributed by atoms with Gasteiger partial charge in [-0.05, 0) is 44.0 Å². The lowest BCUT2D eigenvalue weighted by atomic mass is 10.2. The number of hydrogen-bond donors (Lipinski definition) is 3. The van der Waals surface area contributed by atoms with Crippen molar-refractivity contribution >= 4 is 27.4 Å². The number of carbonyl (C=O) groups is 1. The highest BCUT2D eigenvalue weighted by atomic mass is 32.2. The van der Waals surface area contributed by atoms with Crippen LogP contribution in [0, 0.1) is 0 Å². The highest BCUT2D eigenvalue weighted by Gasteiger charge is 2.16. The topological polar surface area (TPSA) is 87.3 Å². The summed E-state index contributed by atoms with van der Waals surface area (Å²) < 4.78 is 25.3. The third kappa shape index (κ3) is 4.93. The second kappa shape index (κ2) is 6.80. The lowest BCUT2D eigenvalue weighted by Crippen LogP contribution is -2.36. The Morgan fingerprint density at radius 3 is 2.29 bits per heavy atom. The predicted octanol–water partition coefficient (Wildman–Crippen LogP) is 2.51. The summed E-state index contributed by atoms with van der Waals surface area (Å²) >= 11 is 0. The van der Waals surface area contributed by atoms with Crippen molar-refractivity contribution < 1.29 is 13.2 Å². The molecule has 0 radical (unpaired) electrons. The zero-order valence-corrected chi connectivity index (χ0v) is 12.9. The molecule has 0 bridgehead atoms. The Kier molecular flexibility index (Phi) is 5.06. The minimum Gasteiger partial charge on any atom is -0.335 e. The smallest absolute Gasteiger partial charge is 0.319 e. The van der Waals surface area contributed by atoms with Crippen LogP contribution in [0.1, 0.15) is 32.6 Å². The van der Waals surface area contributed by atoms with E-state index in [1.165, 1.54) is 0 Å². The second-order valence-electron chi connectivity index (χ2n) is 5.16. The van der Waals surface area contributed by atoms with Gasteiger partial charge >= 0.3 is 6.03 Å². The standard InChI is InChI=1S/C14H21N3O3S/c1-2-21(19,20)17-13-9-7-12(8-10-13)16-14(18)15-11-5-3-4-6-11/h7-11,17H,2-6H2,1H3,(H2,15,16,18). The lowest BCUT2D eigenvalue weighted by molar-refractivity contribution is 0.248. The molecule has 0 spiro atoms. The van der Waals surface area contributed by atoms with E-state index in [1.807, 2.05) is 0 Å². The molecule has 21 heavy (non-hydrogen) atoms. The van der Waals surface area contributed by atoms with Crippen LogP contribution < -0.4 is 15.4 Å². The molecule has 0 saturated heterocycles. The molecule has 1 saturated carbocycles. The first kappa shape index (κ1) is 15.6. The second-order valence-corrected chi connectivity index (χ2v) is 7.17. The van der Waals surface area contributed by atoms with E-state index in [0.717, 1.165) is 25.7 Å². The fraction of sp³-hybridized carbons (Fsp3) is 0.500. The van der Waals surface area contributed by atoms with Crippen molar-refractivity contribution in [3.8, 4) is 0 Å². The first-order valence-corrected chi connectivity index (χ1v) is 8.82. The quantitative estimate of drug-likeness (QED) is 0.781. The Bertz CT molecular complexity index is 578. The molecule has 1 aliphatic rings. The number of anilines is 2. The minimum absolute atomic E-state index is 0.0246. The van der Waals surface area contributed by atoms with Gasteiger partial charge in [0, 0.05) is 17.4 Å².